The molecule has 1 aromatic carbocycles. The fourth-order valence-corrected chi connectivity index (χ4v) is 3.02. The Hall–Kier alpha value is -3.09. The Morgan fingerprint density at radius 3 is 2.88 bits per heavy atom. The smallest absolute Gasteiger partial charge is 0.290 e. The van der Waals surface area contributed by atoms with E-state index in [1.54, 1.807) is 17.0 Å². The normalized spacial score (nSPS) is 17.0. The zero-order valence-electron chi connectivity index (χ0n) is 13.8. The number of hydrogen-bond acceptors (Lipinski definition) is 5. The second-order valence-corrected chi connectivity index (χ2v) is 5.97. The Bertz CT molecular complexity index is 871. The standard InChI is InChI=1S/C18H18N4O3/c1-12-19-17(21-20-12)14-8-5-11-22(14)18(23)15-9-10-16(25-15)24-13-6-3-2-4-7-13/h2-4,6-7,9-10,14H,5,8,11H2,1H3,(H,19,20,21). The molecule has 1 amide bonds. The number of likely N-dealkylation sites (tertiary alicyclic amines) is 1. The summed E-state index contributed by atoms with van der Waals surface area (Å²) >= 11 is 0. The monoisotopic (exact) mass is 338 g/mol. The molecule has 0 saturated carbocycles. The molecule has 0 bridgehead atoms. The van der Waals surface area contributed by atoms with Crippen LogP contribution in [0, 0.1) is 6.92 Å². The lowest BCUT2D eigenvalue weighted by Gasteiger charge is -2.21. The third-order valence-corrected chi connectivity index (χ3v) is 4.18. The fourth-order valence-electron chi connectivity index (χ4n) is 3.02. The van der Waals surface area contributed by atoms with Gasteiger partial charge in [0.1, 0.15) is 11.6 Å². The molecule has 7 heteroatoms. The van der Waals surface area contributed by atoms with Gasteiger partial charge in [0.2, 0.25) is 0 Å². The van der Waals surface area contributed by atoms with Crippen LogP contribution < -0.4 is 4.74 Å². The number of aromatic nitrogens is 3. The topological polar surface area (TPSA) is 84.2 Å². The van der Waals surface area contributed by atoms with Gasteiger partial charge in [-0.25, -0.2) is 4.98 Å². The second-order valence-electron chi connectivity index (χ2n) is 5.97. The number of ether oxygens (including phenoxy) is 1. The van der Waals surface area contributed by atoms with Crippen molar-refractivity contribution in [1.29, 1.82) is 0 Å². The number of aryl methyl sites for hydroxylation is 1. The minimum atomic E-state index is -0.173. The molecule has 0 spiro atoms. The molecule has 1 N–H and O–H groups in total. The molecule has 3 heterocycles. The fraction of sp³-hybridized carbons (Fsp3) is 0.278. The van der Waals surface area contributed by atoms with E-state index in [2.05, 4.69) is 15.2 Å². The molecular formula is C18H18N4O3. The molecule has 1 saturated heterocycles. The number of rotatable bonds is 4. The van der Waals surface area contributed by atoms with Gasteiger partial charge in [0.25, 0.3) is 11.9 Å². The predicted octanol–water partition coefficient (Wildman–Crippen LogP) is 3.48. The number of nitrogens with one attached hydrogen (secondary N) is 1. The number of aromatic amines is 1. The van der Waals surface area contributed by atoms with Gasteiger partial charge in [-0.15, -0.1) is 0 Å². The maximum absolute atomic E-state index is 12.8. The van der Waals surface area contributed by atoms with Gasteiger partial charge < -0.3 is 14.1 Å². The van der Waals surface area contributed by atoms with E-state index < -0.39 is 0 Å². The van der Waals surface area contributed by atoms with Crippen LogP contribution in [0.25, 0.3) is 0 Å². The maximum Gasteiger partial charge on any atom is 0.290 e. The average molecular weight is 338 g/mol. The van der Waals surface area contributed by atoms with Gasteiger partial charge in [-0.2, -0.15) is 5.10 Å². The van der Waals surface area contributed by atoms with E-state index in [1.165, 1.54) is 0 Å². The van der Waals surface area contributed by atoms with Crippen molar-refractivity contribution in [3.05, 3.63) is 59.9 Å². The van der Waals surface area contributed by atoms with Crippen LogP contribution in [0.1, 0.15) is 41.1 Å². The molecular weight excluding hydrogens is 320 g/mol. The Balaban J connectivity index is 1.51. The first-order valence-electron chi connectivity index (χ1n) is 8.23. The lowest BCUT2D eigenvalue weighted by molar-refractivity contribution is 0.0692. The van der Waals surface area contributed by atoms with Crippen LogP contribution in [0.5, 0.6) is 11.7 Å². The van der Waals surface area contributed by atoms with Gasteiger partial charge in [-0.3, -0.25) is 9.89 Å². The summed E-state index contributed by atoms with van der Waals surface area (Å²) < 4.78 is 11.2. The summed E-state index contributed by atoms with van der Waals surface area (Å²) in [6, 6.07) is 12.5. The van der Waals surface area contributed by atoms with Gasteiger partial charge in [0.15, 0.2) is 11.6 Å². The second kappa shape index (κ2) is 6.43. The number of para-hydroxylation sites is 1. The molecule has 3 aromatic rings. The quantitative estimate of drug-likeness (QED) is 0.787. The summed E-state index contributed by atoms with van der Waals surface area (Å²) in [6.45, 7) is 2.50. The van der Waals surface area contributed by atoms with Crippen LogP contribution >= 0.6 is 0 Å². The third kappa shape index (κ3) is 3.13. The van der Waals surface area contributed by atoms with Gasteiger partial charge in [0.05, 0.1) is 6.04 Å². The van der Waals surface area contributed by atoms with E-state index >= 15 is 0 Å². The summed E-state index contributed by atoms with van der Waals surface area (Å²) in [4.78, 5) is 18.9. The molecule has 1 atom stereocenters. The molecule has 128 valence electrons. The Morgan fingerprint density at radius 2 is 2.12 bits per heavy atom. The Kier molecular flexibility index (Phi) is 3.97. The van der Waals surface area contributed by atoms with Crippen LogP contribution in [0.15, 0.2) is 46.9 Å². The minimum absolute atomic E-state index is 0.124. The maximum atomic E-state index is 12.8. The Labute approximate surface area is 144 Å². The van der Waals surface area contributed by atoms with E-state index in [4.69, 9.17) is 9.15 Å². The molecule has 2 aromatic heterocycles. The lowest BCUT2D eigenvalue weighted by Crippen LogP contribution is -2.30. The first-order chi connectivity index (χ1) is 12.2. The number of furan rings is 1. The summed E-state index contributed by atoms with van der Waals surface area (Å²) in [5.74, 6) is 2.42. The zero-order chi connectivity index (χ0) is 17.2. The summed E-state index contributed by atoms with van der Waals surface area (Å²) in [6.07, 6.45) is 1.76. The van der Waals surface area contributed by atoms with E-state index in [0.29, 0.717) is 24.1 Å². The highest BCUT2D eigenvalue weighted by Gasteiger charge is 2.34. The first-order valence-corrected chi connectivity index (χ1v) is 8.23. The lowest BCUT2D eigenvalue weighted by atomic mass is 10.2. The molecule has 1 aliphatic rings. The van der Waals surface area contributed by atoms with Crippen molar-refractivity contribution in [2.45, 2.75) is 25.8 Å². The molecule has 0 aliphatic carbocycles. The Morgan fingerprint density at radius 1 is 1.28 bits per heavy atom. The highest BCUT2D eigenvalue weighted by Crippen LogP contribution is 2.32. The molecule has 1 fully saturated rings. The molecule has 7 nitrogen and oxygen atoms in total. The van der Waals surface area contributed by atoms with Crippen LogP contribution in [0.4, 0.5) is 0 Å². The van der Waals surface area contributed by atoms with Crippen LogP contribution in [-0.4, -0.2) is 32.5 Å². The van der Waals surface area contributed by atoms with Crippen molar-refractivity contribution in [3.63, 3.8) is 0 Å². The van der Waals surface area contributed by atoms with Crippen molar-refractivity contribution < 1.29 is 13.9 Å². The average Bonchev–Trinajstić information content (AvgIpc) is 3.35. The number of hydrogen-bond donors (Lipinski definition) is 1. The largest absolute Gasteiger partial charge is 0.426 e. The molecule has 4 rings (SSSR count). The number of benzene rings is 1. The highest BCUT2D eigenvalue weighted by atomic mass is 16.6. The van der Waals surface area contributed by atoms with Crippen molar-refractivity contribution in [2.75, 3.05) is 6.54 Å². The predicted molar refractivity (Wildman–Crippen MR) is 89.4 cm³/mol. The highest BCUT2D eigenvalue weighted by molar-refractivity contribution is 5.92. The summed E-state index contributed by atoms with van der Waals surface area (Å²) in [5, 5.41) is 7.03. The molecule has 1 unspecified atom stereocenters. The van der Waals surface area contributed by atoms with Crippen molar-refractivity contribution in [1.82, 2.24) is 20.1 Å². The number of carbonyl (C=O) groups is 1. The third-order valence-electron chi connectivity index (χ3n) is 4.18. The zero-order valence-corrected chi connectivity index (χ0v) is 13.8. The number of carbonyl (C=O) groups excluding carboxylic acids is 1. The summed E-state index contributed by atoms with van der Waals surface area (Å²) in [5.41, 5.74) is 0. The van der Waals surface area contributed by atoms with Gasteiger partial charge in [0, 0.05) is 12.6 Å². The van der Waals surface area contributed by atoms with E-state index in [0.717, 1.165) is 18.7 Å². The van der Waals surface area contributed by atoms with Gasteiger partial charge >= 0.3 is 0 Å². The van der Waals surface area contributed by atoms with Crippen molar-refractivity contribution in [2.24, 2.45) is 0 Å². The van der Waals surface area contributed by atoms with Gasteiger partial charge in [-0.05, 0) is 38.0 Å². The minimum Gasteiger partial charge on any atom is -0.426 e. The SMILES string of the molecule is Cc1nc(C2CCCN2C(=O)c2ccc(Oc3ccccc3)o2)n[nH]1. The molecule has 1 aliphatic heterocycles. The van der Waals surface area contributed by atoms with Crippen molar-refractivity contribution >= 4 is 5.91 Å². The first kappa shape index (κ1) is 15.4. The van der Waals surface area contributed by atoms with Gasteiger partial charge in [-0.1, -0.05) is 18.2 Å². The van der Waals surface area contributed by atoms with E-state index in [9.17, 15) is 4.79 Å². The van der Waals surface area contributed by atoms with Crippen LogP contribution in [0.2, 0.25) is 0 Å². The van der Waals surface area contributed by atoms with Crippen LogP contribution in [-0.2, 0) is 0 Å². The van der Waals surface area contributed by atoms with Crippen LogP contribution in [0.3, 0.4) is 0 Å². The van der Waals surface area contributed by atoms with E-state index in [1.807, 2.05) is 37.3 Å². The number of amides is 1. The van der Waals surface area contributed by atoms with E-state index in [-0.39, 0.29) is 17.7 Å². The number of H-pyrrole nitrogens is 1. The molecule has 25 heavy (non-hydrogen) atoms. The number of nitrogens with zero attached hydrogens (tertiary/aromatic N) is 3. The van der Waals surface area contributed by atoms with Crippen molar-refractivity contribution in [3.8, 4) is 11.7 Å². The summed E-state index contributed by atoms with van der Waals surface area (Å²) in [7, 11) is 0. The molecule has 0 radical (unpaired) electrons.